The molecule has 208 valence electrons. The molecule has 3 N–H and O–H groups in total. The van der Waals surface area contributed by atoms with Gasteiger partial charge in [-0.2, -0.15) is 11.8 Å². The first-order valence-corrected chi connectivity index (χ1v) is 14.3. The second kappa shape index (κ2) is 13.4. The number of phenolic OH excluding ortho intramolecular Hbond substituents is 1. The van der Waals surface area contributed by atoms with Gasteiger partial charge in [-0.15, -0.1) is 0 Å². The Balaban J connectivity index is 1.96. The fourth-order valence-corrected chi connectivity index (χ4v) is 4.73. The number of hydrogen-bond donors (Lipinski definition) is 3. The summed E-state index contributed by atoms with van der Waals surface area (Å²) in [5, 5.41) is 18.3. The van der Waals surface area contributed by atoms with Crippen molar-refractivity contribution in [3.63, 3.8) is 0 Å². The van der Waals surface area contributed by atoms with Crippen molar-refractivity contribution < 1.29 is 24.2 Å². The number of thioether (sulfide) groups is 1. The molecule has 0 radical (unpaired) electrons. The number of carbonyl (C=O) groups is 3. The number of nitrogens with zero attached hydrogens (tertiary/aromatic N) is 1. The molecule has 0 aliphatic rings. The van der Waals surface area contributed by atoms with E-state index < -0.39 is 35.6 Å². The van der Waals surface area contributed by atoms with E-state index in [1.54, 1.807) is 63.7 Å². The predicted molar refractivity (Wildman–Crippen MR) is 157 cm³/mol. The number of anilines is 1. The molecule has 2 unspecified atom stereocenters. The van der Waals surface area contributed by atoms with Crippen LogP contribution in [0.2, 0.25) is 0 Å². The molecular weight excluding hydrogens is 514 g/mol. The number of alkyl carbamates (subject to hydrolysis) is 1. The lowest BCUT2D eigenvalue weighted by atomic mass is 10.0. The number of fused-ring (bicyclic) bond motifs is 1. The lowest BCUT2D eigenvalue weighted by Gasteiger charge is -2.34. The highest BCUT2D eigenvalue weighted by atomic mass is 32.2. The van der Waals surface area contributed by atoms with Gasteiger partial charge in [-0.05, 0) is 75.1 Å². The van der Waals surface area contributed by atoms with E-state index in [1.165, 1.54) is 11.0 Å². The zero-order valence-corrected chi connectivity index (χ0v) is 23.9. The first-order chi connectivity index (χ1) is 18.5. The van der Waals surface area contributed by atoms with E-state index in [0.29, 0.717) is 17.9 Å². The molecule has 0 saturated heterocycles. The van der Waals surface area contributed by atoms with Gasteiger partial charge in [0, 0.05) is 17.8 Å². The summed E-state index contributed by atoms with van der Waals surface area (Å²) in [5.74, 6) is -0.431. The van der Waals surface area contributed by atoms with Crippen LogP contribution in [-0.4, -0.2) is 58.1 Å². The third-order valence-electron chi connectivity index (χ3n) is 6.03. The van der Waals surface area contributed by atoms with Crippen molar-refractivity contribution in [2.75, 3.05) is 23.9 Å². The van der Waals surface area contributed by atoms with Gasteiger partial charge in [0.25, 0.3) is 5.91 Å². The first-order valence-electron chi connectivity index (χ1n) is 12.9. The van der Waals surface area contributed by atoms with E-state index >= 15 is 0 Å². The molecule has 2 atom stereocenters. The third kappa shape index (κ3) is 8.13. The molecule has 0 fully saturated rings. The van der Waals surface area contributed by atoms with Gasteiger partial charge in [-0.1, -0.05) is 48.5 Å². The number of carbonyl (C=O) groups excluding carboxylic acids is 3. The molecule has 3 amide bonds. The molecule has 0 saturated carbocycles. The Hall–Kier alpha value is -3.72. The lowest BCUT2D eigenvalue weighted by molar-refractivity contribution is -0.140. The summed E-state index contributed by atoms with van der Waals surface area (Å²) in [5.41, 5.74) is 0.111. The highest BCUT2D eigenvalue weighted by molar-refractivity contribution is 7.98. The molecule has 0 aliphatic carbocycles. The maximum Gasteiger partial charge on any atom is 0.408 e. The standard InChI is InChI=1S/C30H37N3O5S/c1-6-33(28(36)24(17-18-39-5)32-29(37)38-30(2,3)4)26(23-13-9-10-14-25(23)34)27(35)31-22-16-15-20-11-7-8-12-21(20)19-22/h7-16,19,24,26,34H,6,17-18H2,1-5H3,(H,31,35)(H,32,37). The zero-order valence-electron chi connectivity index (χ0n) is 23.1. The first kappa shape index (κ1) is 29.8. The van der Waals surface area contributed by atoms with E-state index in [2.05, 4.69) is 10.6 Å². The number of amides is 3. The smallest absolute Gasteiger partial charge is 0.408 e. The monoisotopic (exact) mass is 551 g/mol. The minimum atomic E-state index is -1.15. The van der Waals surface area contributed by atoms with Crippen LogP contribution in [0.15, 0.2) is 66.7 Å². The Morgan fingerprint density at radius 3 is 2.31 bits per heavy atom. The average Bonchev–Trinajstić information content (AvgIpc) is 2.88. The summed E-state index contributed by atoms with van der Waals surface area (Å²) in [6.45, 7) is 7.15. The van der Waals surface area contributed by atoms with E-state index in [1.807, 2.05) is 42.7 Å². The summed E-state index contributed by atoms with van der Waals surface area (Å²) in [4.78, 5) is 41.7. The minimum absolute atomic E-state index is 0.108. The largest absolute Gasteiger partial charge is 0.508 e. The molecule has 0 bridgehead atoms. The average molecular weight is 552 g/mol. The van der Waals surface area contributed by atoms with Crippen molar-refractivity contribution in [3.8, 4) is 5.75 Å². The molecule has 3 aromatic carbocycles. The van der Waals surface area contributed by atoms with E-state index in [9.17, 15) is 19.5 Å². The Morgan fingerprint density at radius 1 is 1.00 bits per heavy atom. The van der Waals surface area contributed by atoms with Gasteiger partial charge < -0.3 is 25.4 Å². The van der Waals surface area contributed by atoms with Crippen LogP contribution in [0.25, 0.3) is 10.8 Å². The maximum atomic E-state index is 13.9. The number of hydrogen-bond acceptors (Lipinski definition) is 6. The quantitative estimate of drug-likeness (QED) is 0.297. The number of para-hydroxylation sites is 1. The molecule has 8 nitrogen and oxygen atoms in total. The SMILES string of the molecule is CCN(C(=O)C(CCSC)NC(=O)OC(C)(C)C)C(C(=O)Nc1ccc2ccccc2c1)c1ccccc1O. The molecule has 0 aromatic heterocycles. The summed E-state index contributed by atoms with van der Waals surface area (Å²) < 4.78 is 5.39. The zero-order chi connectivity index (χ0) is 28.6. The summed E-state index contributed by atoms with van der Waals surface area (Å²) in [7, 11) is 0. The van der Waals surface area contributed by atoms with Crippen molar-refractivity contribution >= 4 is 46.1 Å². The Kier molecular flexibility index (Phi) is 10.2. The summed E-state index contributed by atoms with van der Waals surface area (Å²) >= 11 is 1.54. The number of ether oxygens (including phenoxy) is 1. The molecule has 0 heterocycles. The van der Waals surface area contributed by atoms with Gasteiger partial charge in [0.2, 0.25) is 5.91 Å². The van der Waals surface area contributed by atoms with Gasteiger partial charge in [-0.3, -0.25) is 9.59 Å². The van der Waals surface area contributed by atoms with Crippen LogP contribution in [0.1, 0.15) is 45.7 Å². The highest BCUT2D eigenvalue weighted by Gasteiger charge is 2.36. The third-order valence-corrected chi connectivity index (χ3v) is 6.68. The molecule has 3 rings (SSSR count). The van der Waals surface area contributed by atoms with Crippen LogP contribution in [0.4, 0.5) is 10.5 Å². The van der Waals surface area contributed by atoms with Gasteiger partial charge in [-0.25, -0.2) is 4.79 Å². The Labute approximate surface area is 234 Å². The highest BCUT2D eigenvalue weighted by Crippen LogP contribution is 2.31. The van der Waals surface area contributed by atoms with Gasteiger partial charge in [0.15, 0.2) is 0 Å². The number of benzene rings is 3. The van der Waals surface area contributed by atoms with Crippen molar-refractivity contribution in [1.82, 2.24) is 10.2 Å². The molecular formula is C30H37N3O5S. The minimum Gasteiger partial charge on any atom is -0.508 e. The molecule has 9 heteroatoms. The van der Waals surface area contributed by atoms with Crippen LogP contribution in [-0.2, 0) is 14.3 Å². The number of rotatable bonds is 10. The lowest BCUT2D eigenvalue weighted by Crippen LogP contribution is -2.52. The topological polar surface area (TPSA) is 108 Å². The van der Waals surface area contributed by atoms with Crippen molar-refractivity contribution in [2.24, 2.45) is 0 Å². The predicted octanol–water partition coefficient (Wildman–Crippen LogP) is 5.72. The molecule has 39 heavy (non-hydrogen) atoms. The fourth-order valence-electron chi connectivity index (χ4n) is 4.26. The van der Waals surface area contributed by atoms with Crippen LogP contribution in [0.5, 0.6) is 5.75 Å². The number of nitrogens with one attached hydrogen (secondary N) is 2. The molecule has 0 aliphatic heterocycles. The van der Waals surface area contributed by atoms with E-state index in [-0.39, 0.29) is 17.9 Å². The number of phenols is 1. The van der Waals surface area contributed by atoms with Crippen LogP contribution >= 0.6 is 11.8 Å². The van der Waals surface area contributed by atoms with E-state index in [4.69, 9.17) is 4.74 Å². The summed E-state index contributed by atoms with van der Waals surface area (Å²) in [6, 6.07) is 17.7. The molecule has 0 spiro atoms. The second-order valence-electron chi connectivity index (χ2n) is 10.1. The molecule has 3 aromatic rings. The van der Waals surface area contributed by atoms with Gasteiger partial charge >= 0.3 is 6.09 Å². The maximum absolute atomic E-state index is 13.9. The normalized spacial score (nSPS) is 12.8. The Bertz CT molecular complexity index is 1310. The van der Waals surface area contributed by atoms with Gasteiger partial charge in [0.1, 0.15) is 23.4 Å². The second-order valence-corrected chi connectivity index (χ2v) is 11.1. The van der Waals surface area contributed by atoms with Crippen molar-refractivity contribution in [1.29, 1.82) is 0 Å². The summed E-state index contributed by atoms with van der Waals surface area (Å²) in [6.07, 6.45) is 1.54. The van der Waals surface area contributed by atoms with E-state index in [0.717, 1.165) is 10.8 Å². The fraction of sp³-hybridized carbons (Fsp3) is 0.367. The van der Waals surface area contributed by atoms with Crippen molar-refractivity contribution in [3.05, 3.63) is 72.3 Å². The van der Waals surface area contributed by atoms with Crippen LogP contribution < -0.4 is 10.6 Å². The van der Waals surface area contributed by atoms with Crippen LogP contribution in [0, 0.1) is 0 Å². The van der Waals surface area contributed by atoms with Crippen LogP contribution in [0.3, 0.4) is 0 Å². The number of aromatic hydroxyl groups is 1. The van der Waals surface area contributed by atoms with Gasteiger partial charge in [0.05, 0.1) is 0 Å². The van der Waals surface area contributed by atoms with Crippen molar-refractivity contribution in [2.45, 2.75) is 51.8 Å². The Morgan fingerprint density at radius 2 is 1.67 bits per heavy atom. The number of likely N-dealkylation sites (N-methyl/N-ethyl adjacent to an activating group) is 1.